The van der Waals surface area contributed by atoms with Gasteiger partial charge in [-0.3, -0.25) is 0 Å². The van der Waals surface area contributed by atoms with Gasteiger partial charge in [-0.15, -0.1) is 11.3 Å². The second-order valence-corrected chi connectivity index (χ2v) is 6.50. The number of hydrogen-bond acceptors (Lipinski definition) is 3. The topological polar surface area (TPSA) is 26.3 Å². The second-order valence-electron chi connectivity index (χ2n) is 4.01. The molecule has 0 saturated carbocycles. The minimum Gasteiger partial charge on any atom is -0.422 e. The second kappa shape index (κ2) is 5.15. The smallest absolute Gasteiger partial charge is 0.343 e. The van der Waals surface area contributed by atoms with E-state index in [1.54, 1.807) is 17.4 Å². The van der Waals surface area contributed by atoms with E-state index in [0.717, 1.165) is 14.2 Å². The molecule has 0 spiro atoms. The van der Waals surface area contributed by atoms with Crippen molar-refractivity contribution in [3.63, 3.8) is 0 Å². The number of carbonyl (C=O) groups excluding carboxylic acids is 1. The van der Waals surface area contributed by atoms with E-state index in [4.69, 9.17) is 4.74 Å². The molecule has 0 atom stereocenters. The molecule has 2 nitrogen and oxygen atoms in total. The molecule has 94 valence electrons. The fourth-order valence-corrected chi connectivity index (χ4v) is 3.17. The molecule has 3 rings (SSSR count). The number of thiophene rings is 1. The lowest BCUT2D eigenvalue weighted by atomic mass is 10.1. The Hall–Kier alpha value is -1.65. The van der Waals surface area contributed by atoms with E-state index in [9.17, 15) is 4.79 Å². The van der Waals surface area contributed by atoms with Crippen molar-refractivity contribution in [3.05, 3.63) is 68.3 Å². The van der Waals surface area contributed by atoms with E-state index >= 15 is 0 Å². The predicted molar refractivity (Wildman–Crippen MR) is 80.5 cm³/mol. The molecular formula is C15H9BrO2S. The number of benzene rings is 1. The molecule has 0 unspecified atom stereocenters. The third-order valence-electron chi connectivity index (χ3n) is 2.68. The lowest BCUT2D eigenvalue weighted by molar-refractivity contribution is -0.130. The Labute approximate surface area is 123 Å². The fraction of sp³-hybridized carbons (Fsp3) is 0. The third kappa shape index (κ3) is 2.69. The first kappa shape index (κ1) is 12.4. The van der Waals surface area contributed by atoms with Gasteiger partial charge in [-0.05, 0) is 40.2 Å². The van der Waals surface area contributed by atoms with E-state index in [0.29, 0.717) is 11.3 Å². The highest BCUT2D eigenvalue weighted by molar-refractivity contribution is 9.11. The number of cyclic esters (lactones) is 1. The zero-order chi connectivity index (χ0) is 13.2. The molecular weight excluding hydrogens is 324 g/mol. The molecule has 19 heavy (non-hydrogen) atoms. The molecule has 0 bridgehead atoms. The van der Waals surface area contributed by atoms with Gasteiger partial charge in [0.1, 0.15) is 5.76 Å². The highest BCUT2D eigenvalue weighted by Crippen LogP contribution is 2.29. The molecule has 0 N–H and O–H groups in total. The standard InChI is InChI=1S/C15H9BrO2S/c16-14-7-6-12(19-14)8-11-9-13(18-15(11)17)10-4-2-1-3-5-10/h1-9H/b11-8+. The summed E-state index contributed by atoms with van der Waals surface area (Å²) in [4.78, 5) is 12.8. The van der Waals surface area contributed by atoms with Crippen LogP contribution in [0.5, 0.6) is 0 Å². The minimum atomic E-state index is -0.302. The Kier molecular flexibility index (Phi) is 3.36. The molecule has 1 aliphatic rings. The van der Waals surface area contributed by atoms with Crippen molar-refractivity contribution >= 4 is 45.1 Å². The Balaban J connectivity index is 1.94. The lowest BCUT2D eigenvalue weighted by Crippen LogP contribution is -1.96. The van der Waals surface area contributed by atoms with Gasteiger partial charge >= 0.3 is 5.97 Å². The van der Waals surface area contributed by atoms with E-state index in [1.807, 2.05) is 48.5 Å². The molecule has 0 amide bonds. The highest BCUT2D eigenvalue weighted by atomic mass is 79.9. The first-order valence-corrected chi connectivity index (χ1v) is 7.30. The maximum absolute atomic E-state index is 11.8. The molecule has 0 fully saturated rings. The van der Waals surface area contributed by atoms with Crippen LogP contribution < -0.4 is 0 Å². The summed E-state index contributed by atoms with van der Waals surface area (Å²) in [5, 5.41) is 0. The summed E-state index contributed by atoms with van der Waals surface area (Å²) in [6, 6.07) is 13.5. The summed E-state index contributed by atoms with van der Waals surface area (Å²) in [7, 11) is 0. The van der Waals surface area contributed by atoms with Crippen LogP contribution in [0.15, 0.2) is 57.9 Å². The quantitative estimate of drug-likeness (QED) is 0.598. The van der Waals surface area contributed by atoms with Crippen molar-refractivity contribution in [3.8, 4) is 0 Å². The zero-order valence-electron chi connectivity index (χ0n) is 9.80. The summed E-state index contributed by atoms with van der Waals surface area (Å²) in [6.45, 7) is 0. The fourth-order valence-electron chi connectivity index (χ4n) is 1.79. The molecule has 2 heterocycles. The summed E-state index contributed by atoms with van der Waals surface area (Å²) in [6.07, 6.45) is 3.62. The Morgan fingerprint density at radius 3 is 2.58 bits per heavy atom. The van der Waals surface area contributed by atoms with Gasteiger partial charge < -0.3 is 4.74 Å². The van der Waals surface area contributed by atoms with E-state index in [-0.39, 0.29) is 5.97 Å². The van der Waals surface area contributed by atoms with Gasteiger partial charge in [0.05, 0.1) is 9.36 Å². The van der Waals surface area contributed by atoms with Gasteiger partial charge in [0.2, 0.25) is 0 Å². The summed E-state index contributed by atoms with van der Waals surface area (Å²) >= 11 is 4.98. The predicted octanol–water partition coefficient (Wildman–Crippen LogP) is 4.49. The van der Waals surface area contributed by atoms with Crippen molar-refractivity contribution in [1.82, 2.24) is 0 Å². The number of rotatable bonds is 2. The Bertz CT molecular complexity index is 683. The van der Waals surface area contributed by atoms with Gasteiger partial charge in [-0.1, -0.05) is 30.3 Å². The Morgan fingerprint density at radius 2 is 1.89 bits per heavy atom. The molecule has 0 saturated heterocycles. The van der Waals surface area contributed by atoms with Gasteiger partial charge in [-0.2, -0.15) is 0 Å². The largest absolute Gasteiger partial charge is 0.422 e. The average Bonchev–Trinajstić information content (AvgIpc) is 2.98. The van der Waals surface area contributed by atoms with Crippen LogP contribution in [0.4, 0.5) is 0 Å². The SMILES string of the molecule is O=C1OC(c2ccccc2)=C/C1=C\c1ccc(Br)s1. The third-order valence-corrected chi connectivity index (χ3v) is 4.25. The number of ether oxygens (including phenoxy) is 1. The van der Waals surface area contributed by atoms with Crippen molar-refractivity contribution in [2.24, 2.45) is 0 Å². The zero-order valence-corrected chi connectivity index (χ0v) is 12.2. The van der Waals surface area contributed by atoms with Crippen LogP contribution in [0.2, 0.25) is 0 Å². The van der Waals surface area contributed by atoms with Crippen LogP contribution in [0.25, 0.3) is 11.8 Å². The van der Waals surface area contributed by atoms with E-state index in [2.05, 4.69) is 15.9 Å². The number of carbonyl (C=O) groups is 1. The monoisotopic (exact) mass is 332 g/mol. The number of esters is 1. The van der Waals surface area contributed by atoms with Crippen LogP contribution >= 0.6 is 27.3 Å². The van der Waals surface area contributed by atoms with Crippen LogP contribution in [0, 0.1) is 0 Å². The van der Waals surface area contributed by atoms with Crippen molar-refractivity contribution in [1.29, 1.82) is 0 Å². The number of hydrogen-bond donors (Lipinski definition) is 0. The molecule has 1 aromatic heterocycles. The maximum atomic E-state index is 11.8. The Morgan fingerprint density at radius 1 is 1.11 bits per heavy atom. The van der Waals surface area contributed by atoms with E-state index in [1.165, 1.54) is 0 Å². The van der Waals surface area contributed by atoms with Crippen LogP contribution in [0.3, 0.4) is 0 Å². The van der Waals surface area contributed by atoms with Gasteiger partial charge in [0.15, 0.2) is 0 Å². The van der Waals surface area contributed by atoms with Gasteiger partial charge in [-0.25, -0.2) is 4.79 Å². The van der Waals surface area contributed by atoms with Crippen molar-refractivity contribution < 1.29 is 9.53 Å². The summed E-state index contributed by atoms with van der Waals surface area (Å²) in [5.74, 6) is 0.302. The van der Waals surface area contributed by atoms with Crippen LogP contribution in [-0.2, 0) is 9.53 Å². The molecule has 1 aliphatic heterocycles. The maximum Gasteiger partial charge on any atom is 0.343 e. The first-order chi connectivity index (χ1) is 9.22. The summed E-state index contributed by atoms with van der Waals surface area (Å²) < 4.78 is 6.33. The summed E-state index contributed by atoms with van der Waals surface area (Å²) in [5.41, 5.74) is 1.49. The van der Waals surface area contributed by atoms with Crippen LogP contribution in [0.1, 0.15) is 10.4 Å². The molecule has 1 aromatic carbocycles. The molecule has 2 aromatic rings. The van der Waals surface area contributed by atoms with Crippen molar-refractivity contribution in [2.75, 3.05) is 0 Å². The average molecular weight is 333 g/mol. The molecule has 0 aliphatic carbocycles. The molecule has 4 heteroatoms. The van der Waals surface area contributed by atoms with Crippen LogP contribution in [-0.4, -0.2) is 5.97 Å². The van der Waals surface area contributed by atoms with Gasteiger partial charge in [0.25, 0.3) is 0 Å². The molecule has 0 radical (unpaired) electrons. The number of halogens is 1. The normalized spacial score (nSPS) is 16.6. The van der Waals surface area contributed by atoms with Crippen molar-refractivity contribution in [2.45, 2.75) is 0 Å². The highest BCUT2D eigenvalue weighted by Gasteiger charge is 2.21. The minimum absolute atomic E-state index is 0.302. The lowest BCUT2D eigenvalue weighted by Gasteiger charge is -1.99. The first-order valence-electron chi connectivity index (χ1n) is 5.69. The van der Waals surface area contributed by atoms with E-state index < -0.39 is 0 Å². The van der Waals surface area contributed by atoms with Gasteiger partial charge in [0, 0.05) is 10.4 Å².